The zero-order chi connectivity index (χ0) is 9.26. The van der Waals surface area contributed by atoms with Gasteiger partial charge in [-0.15, -0.1) is 0 Å². The Hall–Kier alpha value is -0.820. The van der Waals surface area contributed by atoms with Crippen LogP contribution in [0.5, 0.6) is 0 Å². The first kappa shape index (κ1) is 8.76. The van der Waals surface area contributed by atoms with Crippen molar-refractivity contribution >= 4 is 0 Å². The molecule has 1 atom stereocenters. The Kier molecular flexibility index (Phi) is 2.36. The molecule has 0 fully saturated rings. The highest BCUT2D eigenvalue weighted by Crippen LogP contribution is 2.24. The molecule has 0 unspecified atom stereocenters. The molecule has 1 heteroatoms. The summed E-state index contributed by atoms with van der Waals surface area (Å²) in [6, 6.07) is 6.39. The normalized spacial score (nSPS) is 18.0. The molecule has 0 saturated carbocycles. The smallest absolute Gasteiger partial charge is 0.0762 e. The van der Waals surface area contributed by atoms with Gasteiger partial charge in [0.25, 0.3) is 0 Å². The number of fused-ring (bicyclic) bond motifs is 1. The maximum Gasteiger partial charge on any atom is 0.0762 e. The molecule has 0 bridgehead atoms. The first-order chi connectivity index (χ1) is 6.27. The van der Waals surface area contributed by atoms with Crippen LogP contribution in [0.1, 0.15) is 42.6 Å². The second-order valence-corrected chi connectivity index (χ2v) is 3.91. The van der Waals surface area contributed by atoms with Gasteiger partial charge in [0.15, 0.2) is 0 Å². The molecule has 0 radical (unpaired) electrons. The average Bonchev–Trinajstić information content (AvgIpc) is 2.17. The molecule has 0 spiro atoms. The van der Waals surface area contributed by atoms with Crippen LogP contribution in [0.3, 0.4) is 0 Å². The van der Waals surface area contributed by atoms with Gasteiger partial charge >= 0.3 is 0 Å². The van der Waals surface area contributed by atoms with Crippen LogP contribution in [0.25, 0.3) is 0 Å². The minimum absolute atomic E-state index is 0.327. The van der Waals surface area contributed by atoms with Gasteiger partial charge in [0, 0.05) is 0 Å². The van der Waals surface area contributed by atoms with E-state index in [0.29, 0.717) is 0 Å². The summed E-state index contributed by atoms with van der Waals surface area (Å²) in [4.78, 5) is 0. The summed E-state index contributed by atoms with van der Waals surface area (Å²) >= 11 is 0. The van der Waals surface area contributed by atoms with Crippen LogP contribution >= 0.6 is 0 Å². The molecule has 0 aliphatic heterocycles. The monoisotopic (exact) mass is 176 g/mol. The number of hydrogen-bond donors (Lipinski definition) is 1. The van der Waals surface area contributed by atoms with E-state index in [1.165, 1.54) is 36.8 Å². The fourth-order valence-electron chi connectivity index (χ4n) is 2.01. The fraction of sp³-hybridized carbons (Fsp3) is 0.500. The highest BCUT2D eigenvalue weighted by molar-refractivity contribution is 5.34. The van der Waals surface area contributed by atoms with Gasteiger partial charge in [0.2, 0.25) is 0 Å². The SMILES string of the molecule is C[C@H](O)c1ccc2c(c1)CCCC2. The van der Waals surface area contributed by atoms with E-state index in [1.54, 1.807) is 0 Å². The summed E-state index contributed by atoms with van der Waals surface area (Å²) in [5, 5.41) is 9.43. The zero-order valence-electron chi connectivity index (χ0n) is 8.09. The van der Waals surface area contributed by atoms with E-state index >= 15 is 0 Å². The van der Waals surface area contributed by atoms with Crippen LogP contribution in [0.4, 0.5) is 0 Å². The minimum Gasteiger partial charge on any atom is -0.389 e. The molecule has 1 aliphatic carbocycles. The van der Waals surface area contributed by atoms with Crippen LogP contribution in [0.2, 0.25) is 0 Å². The summed E-state index contributed by atoms with van der Waals surface area (Å²) in [5.74, 6) is 0. The second kappa shape index (κ2) is 3.51. The van der Waals surface area contributed by atoms with Crippen molar-refractivity contribution in [2.45, 2.75) is 38.7 Å². The molecular formula is C12H16O. The number of aliphatic hydroxyl groups excluding tert-OH is 1. The molecular weight excluding hydrogens is 160 g/mol. The van der Waals surface area contributed by atoms with E-state index in [0.717, 1.165) is 5.56 Å². The van der Waals surface area contributed by atoms with Gasteiger partial charge in [0.1, 0.15) is 0 Å². The van der Waals surface area contributed by atoms with Gasteiger partial charge in [-0.05, 0) is 49.3 Å². The standard InChI is InChI=1S/C12H16O/c1-9(13)11-7-6-10-4-2-3-5-12(10)8-11/h6-9,13H,2-5H2,1H3/t9-/m0/s1. The number of rotatable bonds is 1. The Morgan fingerprint density at radius 1 is 1.15 bits per heavy atom. The average molecular weight is 176 g/mol. The summed E-state index contributed by atoms with van der Waals surface area (Å²) in [6.45, 7) is 1.82. The minimum atomic E-state index is -0.327. The Morgan fingerprint density at radius 2 is 1.85 bits per heavy atom. The molecule has 13 heavy (non-hydrogen) atoms. The van der Waals surface area contributed by atoms with E-state index in [4.69, 9.17) is 0 Å². The van der Waals surface area contributed by atoms with Crippen molar-refractivity contribution in [2.75, 3.05) is 0 Å². The summed E-state index contributed by atoms with van der Waals surface area (Å²) < 4.78 is 0. The van der Waals surface area contributed by atoms with E-state index in [-0.39, 0.29) is 6.10 Å². The van der Waals surface area contributed by atoms with Gasteiger partial charge in [0.05, 0.1) is 6.10 Å². The molecule has 0 heterocycles. The lowest BCUT2D eigenvalue weighted by Crippen LogP contribution is -2.04. The van der Waals surface area contributed by atoms with E-state index < -0.39 is 0 Å². The van der Waals surface area contributed by atoms with Crippen LogP contribution in [0, 0.1) is 0 Å². The topological polar surface area (TPSA) is 20.2 Å². The van der Waals surface area contributed by atoms with E-state index in [2.05, 4.69) is 18.2 Å². The molecule has 1 N–H and O–H groups in total. The van der Waals surface area contributed by atoms with E-state index in [9.17, 15) is 5.11 Å². The molecule has 1 nitrogen and oxygen atoms in total. The lowest BCUT2D eigenvalue weighted by molar-refractivity contribution is 0.199. The van der Waals surface area contributed by atoms with Gasteiger partial charge in [-0.1, -0.05) is 18.2 Å². The van der Waals surface area contributed by atoms with Gasteiger partial charge in [-0.25, -0.2) is 0 Å². The van der Waals surface area contributed by atoms with Gasteiger partial charge in [-0.2, -0.15) is 0 Å². The largest absolute Gasteiger partial charge is 0.389 e. The quantitative estimate of drug-likeness (QED) is 0.697. The van der Waals surface area contributed by atoms with Crippen molar-refractivity contribution < 1.29 is 5.11 Å². The van der Waals surface area contributed by atoms with Crippen LogP contribution in [0.15, 0.2) is 18.2 Å². The number of benzene rings is 1. The first-order valence-electron chi connectivity index (χ1n) is 5.07. The number of aryl methyl sites for hydroxylation is 2. The highest BCUT2D eigenvalue weighted by atomic mass is 16.3. The summed E-state index contributed by atoms with van der Waals surface area (Å²) in [7, 11) is 0. The van der Waals surface area contributed by atoms with Crippen LogP contribution < -0.4 is 0 Å². The van der Waals surface area contributed by atoms with Crippen LogP contribution in [-0.4, -0.2) is 5.11 Å². The number of hydrogen-bond acceptors (Lipinski definition) is 1. The Labute approximate surface area is 79.4 Å². The Bertz CT molecular complexity index is 302. The van der Waals surface area contributed by atoms with Crippen molar-refractivity contribution in [3.05, 3.63) is 34.9 Å². The lowest BCUT2D eigenvalue weighted by Gasteiger charge is -2.17. The molecule has 0 amide bonds. The third-order valence-electron chi connectivity index (χ3n) is 2.85. The third kappa shape index (κ3) is 1.75. The molecule has 2 rings (SSSR count). The van der Waals surface area contributed by atoms with Crippen molar-refractivity contribution in [1.82, 2.24) is 0 Å². The van der Waals surface area contributed by atoms with Gasteiger partial charge in [-0.3, -0.25) is 0 Å². The lowest BCUT2D eigenvalue weighted by atomic mass is 9.90. The highest BCUT2D eigenvalue weighted by Gasteiger charge is 2.10. The van der Waals surface area contributed by atoms with Crippen LogP contribution in [-0.2, 0) is 12.8 Å². The third-order valence-corrected chi connectivity index (χ3v) is 2.85. The van der Waals surface area contributed by atoms with Crippen molar-refractivity contribution in [3.8, 4) is 0 Å². The van der Waals surface area contributed by atoms with Crippen molar-refractivity contribution in [1.29, 1.82) is 0 Å². The van der Waals surface area contributed by atoms with E-state index in [1.807, 2.05) is 6.92 Å². The second-order valence-electron chi connectivity index (χ2n) is 3.91. The molecule has 0 saturated heterocycles. The predicted octanol–water partition coefficient (Wildman–Crippen LogP) is 2.62. The predicted molar refractivity (Wildman–Crippen MR) is 53.7 cm³/mol. The Morgan fingerprint density at radius 3 is 2.54 bits per heavy atom. The molecule has 0 aromatic heterocycles. The molecule has 1 aromatic carbocycles. The summed E-state index contributed by atoms with van der Waals surface area (Å²) in [5.41, 5.74) is 3.99. The maximum atomic E-state index is 9.43. The fourth-order valence-corrected chi connectivity index (χ4v) is 2.01. The Balaban J connectivity index is 2.35. The van der Waals surface area contributed by atoms with Gasteiger partial charge < -0.3 is 5.11 Å². The molecule has 70 valence electrons. The molecule has 1 aromatic rings. The van der Waals surface area contributed by atoms with Crippen molar-refractivity contribution in [3.63, 3.8) is 0 Å². The number of aliphatic hydroxyl groups is 1. The maximum absolute atomic E-state index is 9.43. The first-order valence-corrected chi connectivity index (χ1v) is 5.07. The summed E-state index contributed by atoms with van der Waals surface area (Å²) in [6.07, 6.45) is 4.70. The molecule has 1 aliphatic rings. The zero-order valence-corrected chi connectivity index (χ0v) is 8.09. The van der Waals surface area contributed by atoms with Crippen molar-refractivity contribution in [2.24, 2.45) is 0 Å².